The lowest BCUT2D eigenvalue weighted by Crippen LogP contribution is -2.30. The second kappa shape index (κ2) is 70.6. The number of rotatable bonds is 70. The summed E-state index contributed by atoms with van der Waals surface area (Å²) in [5, 5.41) is 0. The van der Waals surface area contributed by atoms with Crippen LogP contribution in [-0.4, -0.2) is 37.2 Å². The Labute approximate surface area is 507 Å². The molecule has 0 amide bonds. The summed E-state index contributed by atoms with van der Waals surface area (Å²) in [6.45, 7) is 6.71. The molecule has 1 atom stereocenters. The molecule has 0 aliphatic carbocycles. The average Bonchev–Trinajstić information content (AvgIpc) is 3.46. The maximum atomic E-state index is 12.9. The second-order valence-corrected chi connectivity index (χ2v) is 25.6. The minimum absolute atomic E-state index is 0.0657. The first-order valence-corrected chi connectivity index (χ1v) is 37.2. The standard InChI is InChI=1S/C75H144O6/c1-4-7-10-13-16-19-22-25-27-29-31-32-33-34-35-36-37-38-39-40-41-42-43-44-46-47-50-53-56-59-62-65-68-74(77)80-71-72(70-79-73(76)67-64-61-58-55-52-49-24-21-18-15-12-9-6-3)81-75(78)69-66-63-60-57-54-51-48-45-30-28-26-23-20-17-14-11-8-5-2/h21,24,72H,4-20,22-23,25-71H2,1-3H3/b24-21-. The molecular weight excluding hydrogens is 997 g/mol. The SMILES string of the molecule is CCCCCC/C=C\CCCCCCCC(=O)OCC(COC(=O)CCCCCCCCCCCCCCCCCCCCCCCCCCCCCCCCCC)OC(=O)CCCCCCCCCCCCCCCCCCCC. The van der Waals surface area contributed by atoms with Crippen molar-refractivity contribution in [3.05, 3.63) is 12.2 Å². The zero-order valence-corrected chi connectivity index (χ0v) is 55.4. The van der Waals surface area contributed by atoms with Gasteiger partial charge in [-0.25, -0.2) is 0 Å². The van der Waals surface area contributed by atoms with Crippen LogP contribution >= 0.6 is 0 Å². The molecule has 6 heteroatoms. The molecule has 0 saturated carbocycles. The Kier molecular flexibility index (Phi) is 69.0. The zero-order valence-electron chi connectivity index (χ0n) is 55.4. The third kappa shape index (κ3) is 68.8. The van der Waals surface area contributed by atoms with E-state index >= 15 is 0 Å². The first kappa shape index (κ1) is 79.2. The van der Waals surface area contributed by atoms with Crippen molar-refractivity contribution in [3.8, 4) is 0 Å². The van der Waals surface area contributed by atoms with Gasteiger partial charge in [0.1, 0.15) is 13.2 Å². The van der Waals surface area contributed by atoms with Crippen LogP contribution in [0.15, 0.2) is 12.2 Å². The lowest BCUT2D eigenvalue weighted by atomic mass is 10.0. The van der Waals surface area contributed by atoms with Crippen molar-refractivity contribution in [3.63, 3.8) is 0 Å². The van der Waals surface area contributed by atoms with Gasteiger partial charge in [0.2, 0.25) is 0 Å². The lowest BCUT2D eigenvalue weighted by molar-refractivity contribution is -0.167. The summed E-state index contributed by atoms with van der Waals surface area (Å²) in [6, 6.07) is 0. The normalized spacial score (nSPS) is 12.0. The fourth-order valence-electron chi connectivity index (χ4n) is 11.7. The van der Waals surface area contributed by atoms with E-state index in [0.717, 1.165) is 64.2 Å². The Balaban J connectivity index is 4.09. The van der Waals surface area contributed by atoms with E-state index in [2.05, 4.69) is 32.9 Å². The van der Waals surface area contributed by atoms with Crippen LogP contribution < -0.4 is 0 Å². The molecule has 480 valence electrons. The Morgan fingerprint density at radius 3 is 0.630 bits per heavy atom. The van der Waals surface area contributed by atoms with Gasteiger partial charge in [-0.15, -0.1) is 0 Å². The van der Waals surface area contributed by atoms with E-state index in [-0.39, 0.29) is 31.1 Å². The summed E-state index contributed by atoms with van der Waals surface area (Å²) >= 11 is 0. The van der Waals surface area contributed by atoms with Crippen molar-refractivity contribution in [1.82, 2.24) is 0 Å². The summed E-state index contributed by atoms with van der Waals surface area (Å²) in [4.78, 5) is 38.4. The van der Waals surface area contributed by atoms with Crippen molar-refractivity contribution in [2.75, 3.05) is 13.2 Å². The number of hydrogen-bond donors (Lipinski definition) is 0. The number of hydrogen-bond acceptors (Lipinski definition) is 6. The summed E-state index contributed by atoms with van der Waals surface area (Å²) in [7, 11) is 0. The molecule has 0 fully saturated rings. The van der Waals surface area contributed by atoms with E-state index in [4.69, 9.17) is 14.2 Å². The Hall–Kier alpha value is -1.85. The third-order valence-electron chi connectivity index (χ3n) is 17.3. The van der Waals surface area contributed by atoms with Gasteiger partial charge in [-0.1, -0.05) is 380 Å². The number of unbranched alkanes of at least 4 members (excludes halogenated alkanes) is 57. The van der Waals surface area contributed by atoms with E-state index in [1.165, 1.54) is 327 Å². The summed E-state index contributed by atoms with van der Waals surface area (Å²) in [5.74, 6) is -0.839. The van der Waals surface area contributed by atoms with Crippen LogP contribution in [0, 0.1) is 0 Å². The monoisotopic (exact) mass is 1140 g/mol. The maximum absolute atomic E-state index is 12.9. The molecule has 0 N–H and O–H groups in total. The van der Waals surface area contributed by atoms with Gasteiger partial charge in [-0.3, -0.25) is 14.4 Å². The molecule has 0 aromatic carbocycles. The Morgan fingerprint density at radius 1 is 0.235 bits per heavy atom. The van der Waals surface area contributed by atoms with Crippen molar-refractivity contribution in [1.29, 1.82) is 0 Å². The molecule has 0 bridgehead atoms. The van der Waals surface area contributed by atoms with Gasteiger partial charge in [-0.05, 0) is 44.9 Å². The summed E-state index contributed by atoms with van der Waals surface area (Å²) < 4.78 is 17.0. The predicted molar refractivity (Wildman–Crippen MR) is 353 cm³/mol. The molecule has 0 saturated heterocycles. The quantitative estimate of drug-likeness (QED) is 0.0261. The highest BCUT2D eigenvalue weighted by Gasteiger charge is 2.20. The van der Waals surface area contributed by atoms with Gasteiger partial charge in [-0.2, -0.15) is 0 Å². The second-order valence-electron chi connectivity index (χ2n) is 25.6. The molecule has 0 aliphatic rings. The molecule has 0 aliphatic heterocycles. The highest BCUT2D eigenvalue weighted by molar-refractivity contribution is 5.71. The molecule has 0 aromatic heterocycles. The molecule has 81 heavy (non-hydrogen) atoms. The van der Waals surface area contributed by atoms with E-state index < -0.39 is 6.10 Å². The molecule has 0 heterocycles. The minimum atomic E-state index is -0.770. The van der Waals surface area contributed by atoms with Crippen LogP contribution in [0.4, 0.5) is 0 Å². The molecule has 6 nitrogen and oxygen atoms in total. The maximum Gasteiger partial charge on any atom is 0.306 e. The highest BCUT2D eigenvalue weighted by atomic mass is 16.6. The lowest BCUT2D eigenvalue weighted by Gasteiger charge is -2.18. The number of esters is 3. The highest BCUT2D eigenvalue weighted by Crippen LogP contribution is 2.20. The van der Waals surface area contributed by atoms with Crippen LogP contribution in [0.3, 0.4) is 0 Å². The van der Waals surface area contributed by atoms with Gasteiger partial charge in [0, 0.05) is 19.3 Å². The van der Waals surface area contributed by atoms with Crippen LogP contribution in [0.1, 0.15) is 432 Å². The zero-order chi connectivity index (χ0) is 58.5. The van der Waals surface area contributed by atoms with Crippen LogP contribution in [0.5, 0.6) is 0 Å². The fraction of sp³-hybridized carbons (Fsp3) is 0.933. The third-order valence-corrected chi connectivity index (χ3v) is 17.3. The molecule has 1 unspecified atom stereocenters. The largest absolute Gasteiger partial charge is 0.462 e. The topological polar surface area (TPSA) is 78.9 Å². The Bertz CT molecular complexity index is 1260. The van der Waals surface area contributed by atoms with E-state index in [0.29, 0.717) is 19.3 Å². The molecule has 0 spiro atoms. The van der Waals surface area contributed by atoms with Crippen molar-refractivity contribution in [2.45, 2.75) is 438 Å². The average molecular weight is 1140 g/mol. The van der Waals surface area contributed by atoms with E-state index in [1.54, 1.807) is 0 Å². The number of carbonyl (C=O) groups excluding carboxylic acids is 3. The first-order valence-electron chi connectivity index (χ1n) is 37.2. The van der Waals surface area contributed by atoms with Crippen LogP contribution in [0.2, 0.25) is 0 Å². The van der Waals surface area contributed by atoms with Crippen molar-refractivity contribution < 1.29 is 28.6 Å². The Morgan fingerprint density at radius 2 is 0.407 bits per heavy atom. The van der Waals surface area contributed by atoms with Gasteiger partial charge in [0.05, 0.1) is 0 Å². The predicted octanol–water partition coefficient (Wildman–Crippen LogP) is 25.6. The van der Waals surface area contributed by atoms with Crippen molar-refractivity contribution >= 4 is 17.9 Å². The molecule has 0 aromatic rings. The first-order chi connectivity index (χ1) is 40.0. The fourth-order valence-corrected chi connectivity index (χ4v) is 11.7. The summed E-state index contributed by atoms with van der Waals surface area (Å²) in [5.41, 5.74) is 0. The van der Waals surface area contributed by atoms with Gasteiger partial charge >= 0.3 is 17.9 Å². The molecule has 0 rings (SSSR count). The van der Waals surface area contributed by atoms with Gasteiger partial charge < -0.3 is 14.2 Å². The molecular formula is C75H144O6. The smallest absolute Gasteiger partial charge is 0.306 e. The van der Waals surface area contributed by atoms with Gasteiger partial charge in [0.15, 0.2) is 6.10 Å². The molecule has 0 radical (unpaired) electrons. The number of allylic oxidation sites excluding steroid dienone is 2. The summed E-state index contributed by atoms with van der Waals surface area (Å²) in [6.07, 6.45) is 85.6. The van der Waals surface area contributed by atoms with Crippen LogP contribution in [0.25, 0.3) is 0 Å². The number of ether oxygens (including phenoxy) is 3. The van der Waals surface area contributed by atoms with Crippen molar-refractivity contribution in [2.24, 2.45) is 0 Å². The minimum Gasteiger partial charge on any atom is -0.462 e. The van der Waals surface area contributed by atoms with E-state index in [9.17, 15) is 14.4 Å². The van der Waals surface area contributed by atoms with Gasteiger partial charge in [0.25, 0.3) is 0 Å². The van der Waals surface area contributed by atoms with Crippen LogP contribution in [-0.2, 0) is 28.6 Å². The van der Waals surface area contributed by atoms with E-state index in [1.807, 2.05) is 0 Å². The number of carbonyl (C=O) groups is 3.